The maximum Gasteiger partial charge on any atom is 0.247 e. The molecule has 1 aliphatic carbocycles. The Kier molecular flexibility index (Phi) is 5.55. The van der Waals surface area contributed by atoms with Crippen LogP contribution in [0.1, 0.15) is 32.6 Å². The van der Waals surface area contributed by atoms with Crippen LogP contribution in [0.15, 0.2) is 23.2 Å². The molecule has 1 aromatic rings. The minimum Gasteiger partial charge on any atom is -0.395 e. The standard InChI is InChI=1S/C14H23N3O3S/c1-2-8-15-14-13(7-4-9-16-14)21(19,20)17(10-11-18)12-5-3-6-12/h4,7,9,12,18H,2-3,5-6,8,10-11H2,1H3,(H,15,16). The number of hydrogen-bond acceptors (Lipinski definition) is 5. The largest absolute Gasteiger partial charge is 0.395 e. The summed E-state index contributed by atoms with van der Waals surface area (Å²) in [5.41, 5.74) is 0. The molecular weight excluding hydrogens is 290 g/mol. The van der Waals surface area contributed by atoms with Gasteiger partial charge in [0.25, 0.3) is 0 Å². The van der Waals surface area contributed by atoms with Crippen LogP contribution in [-0.2, 0) is 10.0 Å². The molecule has 6 nitrogen and oxygen atoms in total. The van der Waals surface area contributed by atoms with Crippen LogP contribution in [-0.4, -0.2) is 48.6 Å². The summed E-state index contributed by atoms with van der Waals surface area (Å²) >= 11 is 0. The van der Waals surface area contributed by atoms with Gasteiger partial charge in [0.15, 0.2) is 0 Å². The molecule has 0 spiro atoms. The molecule has 0 aromatic carbocycles. The van der Waals surface area contributed by atoms with Crippen LogP contribution in [0.25, 0.3) is 0 Å². The van der Waals surface area contributed by atoms with Gasteiger partial charge in [0.2, 0.25) is 10.0 Å². The van der Waals surface area contributed by atoms with E-state index in [1.165, 1.54) is 4.31 Å². The molecule has 0 bridgehead atoms. The molecule has 21 heavy (non-hydrogen) atoms. The molecule has 0 radical (unpaired) electrons. The lowest BCUT2D eigenvalue weighted by atomic mass is 9.93. The SMILES string of the molecule is CCCNc1ncccc1S(=O)(=O)N(CCO)C1CCC1. The van der Waals surface area contributed by atoms with Gasteiger partial charge in [-0.25, -0.2) is 13.4 Å². The van der Waals surface area contributed by atoms with Crippen LogP contribution in [0.3, 0.4) is 0 Å². The van der Waals surface area contributed by atoms with E-state index in [0.717, 1.165) is 25.7 Å². The molecule has 1 aliphatic rings. The topological polar surface area (TPSA) is 82.5 Å². The summed E-state index contributed by atoms with van der Waals surface area (Å²) in [6, 6.07) is 3.20. The molecule has 2 N–H and O–H groups in total. The van der Waals surface area contributed by atoms with Crippen LogP contribution in [0.5, 0.6) is 0 Å². The van der Waals surface area contributed by atoms with Crippen molar-refractivity contribution in [2.75, 3.05) is 25.0 Å². The van der Waals surface area contributed by atoms with Crippen LogP contribution in [0, 0.1) is 0 Å². The highest BCUT2D eigenvalue weighted by atomic mass is 32.2. The summed E-state index contributed by atoms with van der Waals surface area (Å²) in [4.78, 5) is 4.34. The summed E-state index contributed by atoms with van der Waals surface area (Å²) in [6.07, 6.45) is 5.22. The quantitative estimate of drug-likeness (QED) is 0.759. The van der Waals surface area contributed by atoms with Gasteiger partial charge in [-0.1, -0.05) is 13.3 Å². The van der Waals surface area contributed by atoms with Crippen molar-refractivity contribution in [2.24, 2.45) is 0 Å². The van der Waals surface area contributed by atoms with Gasteiger partial charge in [-0.15, -0.1) is 0 Å². The van der Waals surface area contributed by atoms with E-state index in [1.54, 1.807) is 18.3 Å². The third kappa shape index (κ3) is 3.53. The highest BCUT2D eigenvalue weighted by Crippen LogP contribution is 2.31. The number of aromatic nitrogens is 1. The fraction of sp³-hybridized carbons (Fsp3) is 0.643. The number of rotatable bonds is 8. The van der Waals surface area contributed by atoms with Crippen molar-refractivity contribution in [3.05, 3.63) is 18.3 Å². The monoisotopic (exact) mass is 313 g/mol. The molecule has 2 rings (SSSR count). The fourth-order valence-corrected chi connectivity index (χ4v) is 4.17. The molecular formula is C14H23N3O3S. The Hall–Kier alpha value is -1.18. The first-order valence-electron chi connectivity index (χ1n) is 7.42. The highest BCUT2D eigenvalue weighted by molar-refractivity contribution is 7.89. The average Bonchev–Trinajstić information content (AvgIpc) is 2.43. The van der Waals surface area contributed by atoms with Crippen LogP contribution < -0.4 is 5.32 Å². The van der Waals surface area contributed by atoms with E-state index in [9.17, 15) is 13.5 Å². The second-order valence-corrected chi connectivity index (χ2v) is 7.06. The smallest absolute Gasteiger partial charge is 0.247 e. The van der Waals surface area contributed by atoms with Gasteiger partial charge in [-0.3, -0.25) is 0 Å². The Morgan fingerprint density at radius 2 is 2.24 bits per heavy atom. The van der Waals surface area contributed by atoms with Crippen molar-refractivity contribution in [1.29, 1.82) is 0 Å². The van der Waals surface area contributed by atoms with Crippen molar-refractivity contribution in [1.82, 2.24) is 9.29 Å². The molecule has 1 saturated carbocycles. The molecule has 0 saturated heterocycles. The minimum absolute atomic E-state index is 0.00128. The van der Waals surface area contributed by atoms with Crippen LogP contribution in [0.4, 0.5) is 5.82 Å². The van der Waals surface area contributed by atoms with E-state index in [-0.39, 0.29) is 24.1 Å². The van der Waals surface area contributed by atoms with Crippen molar-refractivity contribution in [3.8, 4) is 0 Å². The summed E-state index contributed by atoms with van der Waals surface area (Å²) in [6.45, 7) is 2.64. The van der Waals surface area contributed by atoms with E-state index in [0.29, 0.717) is 12.4 Å². The molecule has 0 amide bonds. The van der Waals surface area contributed by atoms with Crippen LogP contribution in [0.2, 0.25) is 0 Å². The molecule has 1 heterocycles. The molecule has 0 atom stereocenters. The van der Waals surface area contributed by atoms with E-state index in [2.05, 4.69) is 10.3 Å². The third-order valence-corrected chi connectivity index (χ3v) is 5.69. The third-order valence-electron chi connectivity index (χ3n) is 3.70. The Morgan fingerprint density at radius 1 is 1.48 bits per heavy atom. The normalized spacial score (nSPS) is 16.0. The van der Waals surface area contributed by atoms with Gasteiger partial charge < -0.3 is 10.4 Å². The van der Waals surface area contributed by atoms with Gasteiger partial charge in [-0.2, -0.15) is 4.31 Å². The zero-order chi connectivity index (χ0) is 15.3. The molecule has 1 aromatic heterocycles. The van der Waals surface area contributed by atoms with Crippen molar-refractivity contribution in [3.63, 3.8) is 0 Å². The van der Waals surface area contributed by atoms with Crippen molar-refractivity contribution >= 4 is 15.8 Å². The second-order valence-electron chi connectivity index (χ2n) is 5.20. The van der Waals surface area contributed by atoms with E-state index >= 15 is 0 Å². The van der Waals surface area contributed by atoms with Gasteiger partial charge in [0.05, 0.1) is 6.61 Å². The first-order chi connectivity index (χ1) is 10.1. The zero-order valence-electron chi connectivity index (χ0n) is 12.3. The Balaban J connectivity index is 2.32. The maximum atomic E-state index is 12.9. The first-order valence-corrected chi connectivity index (χ1v) is 8.87. The summed E-state index contributed by atoms with van der Waals surface area (Å²) in [7, 11) is -3.64. The Morgan fingerprint density at radius 3 is 2.81 bits per heavy atom. The summed E-state index contributed by atoms with van der Waals surface area (Å²) in [5, 5.41) is 12.3. The predicted molar refractivity (Wildman–Crippen MR) is 81.6 cm³/mol. The lowest BCUT2D eigenvalue weighted by Crippen LogP contribution is -2.45. The summed E-state index contributed by atoms with van der Waals surface area (Å²) in [5.74, 6) is 0.390. The average molecular weight is 313 g/mol. The Labute approximate surface area is 126 Å². The number of aliphatic hydroxyl groups excluding tert-OH is 1. The van der Waals surface area contributed by atoms with Gasteiger partial charge in [-0.05, 0) is 31.4 Å². The fourth-order valence-electron chi connectivity index (χ4n) is 2.37. The number of sulfonamides is 1. The van der Waals surface area contributed by atoms with E-state index in [4.69, 9.17) is 0 Å². The molecule has 0 unspecified atom stereocenters. The zero-order valence-corrected chi connectivity index (χ0v) is 13.1. The highest BCUT2D eigenvalue weighted by Gasteiger charge is 2.35. The van der Waals surface area contributed by atoms with Gasteiger partial charge in [0.1, 0.15) is 10.7 Å². The number of hydrogen-bond donors (Lipinski definition) is 2. The van der Waals surface area contributed by atoms with Gasteiger partial charge in [0, 0.05) is 25.3 Å². The Bertz CT molecular complexity index is 558. The van der Waals surface area contributed by atoms with Crippen molar-refractivity contribution < 1.29 is 13.5 Å². The maximum absolute atomic E-state index is 12.9. The number of nitrogens with one attached hydrogen (secondary N) is 1. The van der Waals surface area contributed by atoms with Crippen LogP contribution >= 0.6 is 0 Å². The summed E-state index contributed by atoms with van der Waals surface area (Å²) < 4.78 is 27.2. The van der Waals surface area contributed by atoms with E-state index in [1.807, 2.05) is 6.92 Å². The molecule has 7 heteroatoms. The molecule has 118 valence electrons. The van der Waals surface area contributed by atoms with Gasteiger partial charge >= 0.3 is 0 Å². The van der Waals surface area contributed by atoms with Crippen molar-refractivity contribution in [2.45, 2.75) is 43.5 Å². The second kappa shape index (κ2) is 7.20. The van der Waals surface area contributed by atoms with E-state index < -0.39 is 10.0 Å². The molecule has 1 fully saturated rings. The lowest BCUT2D eigenvalue weighted by molar-refractivity contribution is 0.178. The number of anilines is 1. The minimum atomic E-state index is -3.64. The number of aliphatic hydroxyl groups is 1. The lowest BCUT2D eigenvalue weighted by Gasteiger charge is -2.36. The first kappa shape index (κ1) is 16.2. The predicted octanol–water partition coefficient (Wildman–Crippen LogP) is 1.44. The molecule has 0 aliphatic heterocycles. The number of pyridine rings is 1. The number of nitrogens with zero attached hydrogens (tertiary/aromatic N) is 2.